The Labute approximate surface area is 113 Å². The van der Waals surface area contributed by atoms with Crippen LogP contribution in [0.25, 0.3) is 0 Å². The van der Waals surface area contributed by atoms with Crippen LogP contribution in [0.2, 0.25) is 0 Å². The predicted octanol–water partition coefficient (Wildman–Crippen LogP) is 1.11. The highest BCUT2D eigenvalue weighted by Gasteiger charge is 2.24. The fraction of sp³-hybridized carbons (Fsp3) is 0.500. The third-order valence-electron chi connectivity index (χ3n) is 3.71. The molecule has 1 atom stereocenters. The van der Waals surface area contributed by atoms with Crippen LogP contribution in [0.1, 0.15) is 36.0 Å². The van der Waals surface area contributed by atoms with Gasteiger partial charge in [0.1, 0.15) is 0 Å². The minimum absolute atomic E-state index is 0.163. The monoisotopic (exact) mass is 263 g/mol. The van der Waals surface area contributed by atoms with Crippen molar-refractivity contribution in [2.24, 2.45) is 5.73 Å². The first kappa shape index (κ1) is 13.7. The number of carbonyl (C=O) groups excluding carboxylic acids is 1. The Kier molecular flexibility index (Phi) is 4.27. The van der Waals surface area contributed by atoms with Crippen LogP contribution in [0.4, 0.5) is 11.4 Å². The molecule has 104 valence electrons. The van der Waals surface area contributed by atoms with Gasteiger partial charge in [-0.2, -0.15) is 0 Å². The summed E-state index contributed by atoms with van der Waals surface area (Å²) < 4.78 is 0. The van der Waals surface area contributed by atoms with E-state index < -0.39 is 5.91 Å². The maximum absolute atomic E-state index is 11.3. The molecule has 1 aliphatic heterocycles. The van der Waals surface area contributed by atoms with E-state index in [4.69, 9.17) is 16.6 Å². The van der Waals surface area contributed by atoms with Crippen LogP contribution in [-0.4, -0.2) is 30.2 Å². The SMILES string of the molecule is NC(=O)c1ccc(N)c(N2CCCCC2CCO)c1. The number of carbonyl (C=O) groups is 1. The lowest BCUT2D eigenvalue weighted by molar-refractivity contribution is 0.100. The zero-order valence-electron chi connectivity index (χ0n) is 11.0. The molecule has 2 rings (SSSR count). The van der Waals surface area contributed by atoms with Gasteiger partial charge in [0.15, 0.2) is 0 Å². The number of hydrogen-bond donors (Lipinski definition) is 3. The molecule has 1 unspecified atom stereocenters. The molecule has 1 saturated heterocycles. The molecule has 1 aromatic carbocycles. The minimum atomic E-state index is -0.447. The van der Waals surface area contributed by atoms with Gasteiger partial charge in [0.2, 0.25) is 5.91 Å². The average Bonchev–Trinajstić information content (AvgIpc) is 2.40. The van der Waals surface area contributed by atoms with Crippen molar-refractivity contribution < 1.29 is 9.90 Å². The fourth-order valence-electron chi connectivity index (χ4n) is 2.71. The van der Waals surface area contributed by atoms with E-state index in [2.05, 4.69) is 4.90 Å². The zero-order valence-corrected chi connectivity index (χ0v) is 11.0. The maximum Gasteiger partial charge on any atom is 0.248 e. The number of nitrogens with two attached hydrogens (primary N) is 2. The molecule has 0 aliphatic carbocycles. The van der Waals surface area contributed by atoms with Gasteiger partial charge < -0.3 is 21.5 Å². The molecule has 1 aromatic rings. The largest absolute Gasteiger partial charge is 0.397 e. The number of benzene rings is 1. The Morgan fingerprint density at radius 1 is 1.42 bits per heavy atom. The van der Waals surface area contributed by atoms with Crippen LogP contribution in [0.5, 0.6) is 0 Å². The van der Waals surface area contributed by atoms with E-state index in [0.717, 1.165) is 37.9 Å². The van der Waals surface area contributed by atoms with Crippen molar-refractivity contribution in [3.63, 3.8) is 0 Å². The summed E-state index contributed by atoms with van der Waals surface area (Å²) in [4.78, 5) is 13.5. The number of primary amides is 1. The van der Waals surface area contributed by atoms with E-state index >= 15 is 0 Å². The predicted molar refractivity (Wildman–Crippen MR) is 76.1 cm³/mol. The normalized spacial score (nSPS) is 19.4. The standard InChI is InChI=1S/C14H21N3O2/c15-12-5-4-10(14(16)19)9-13(12)17-7-2-1-3-11(17)6-8-18/h4-5,9,11,18H,1-3,6-8,15H2,(H2,16,19). The van der Waals surface area contributed by atoms with Crippen molar-refractivity contribution in [2.75, 3.05) is 23.8 Å². The topological polar surface area (TPSA) is 92.6 Å². The van der Waals surface area contributed by atoms with E-state index in [1.807, 2.05) is 0 Å². The molecule has 1 amide bonds. The van der Waals surface area contributed by atoms with E-state index in [0.29, 0.717) is 11.3 Å². The Morgan fingerprint density at radius 3 is 2.89 bits per heavy atom. The molecule has 0 spiro atoms. The lowest BCUT2D eigenvalue weighted by Crippen LogP contribution is -2.40. The van der Waals surface area contributed by atoms with E-state index in [9.17, 15) is 4.79 Å². The molecule has 0 aromatic heterocycles. The summed E-state index contributed by atoms with van der Waals surface area (Å²) in [5.74, 6) is -0.447. The number of rotatable bonds is 4. The van der Waals surface area contributed by atoms with Crippen molar-refractivity contribution in [3.05, 3.63) is 23.8 Å². The lowest BCUT2D eigenvalue weighted by atomic mass is 9.98. The maximum atomic E-state index is 11.3. The van der Waals surface area contributed by atoms with Crippen molar-refractivity contribution >= 4 is 17.3 Å². The summed E-state index contributed by atoms with van der Waals surface area (Å²) in [6.45, 7) is 1.06. The number of nitrogens with zero attached hydrogens (tertiary/aromatic N) is 1. The first-order chi connectivity index (χ1) is 9.13. The van der Waals surface area contributed by atoms with E-state index in [-0.39, 0.29) is 12.6 Å². The van der Waals surface area contributed by atoms with Crippen molar-refractivity contribution in [1.82, 2.24) is 0 Å². The number of amides is 1. The highest BCUT2D eigenvalue weighted by Crippen LogP contribution is 2.31. The molecule has 5 heteroatoms. The van der Waals surface area contributed by atoms with Crippen molar-refractivity contribution in [3.8, 4) is 0 Å². The molecule has 5 nitrogen and oxygen atoms in total. The van der Waals surface area contributed by atoms with Gasteiger partial charge in [0.25, 0.3) is 0 Å². The summed E-state index contributed by atoms with van der Waals surface area (Å²) in [7, 11) is 0. The van der Waals surface area contributed by atoms with Crippen LogP contribution in [-0.2, 0) is 0 Å². The Morgan fingerprint density at radius 2 is 2.21 bits per heavy atom. The van der Waals surface area contributed by atoms with Gasteiger partial charge in [-0.3, -0.25) is 4.79 Å². The van der Waals surface area contributed by atoms with Crippen molar-refractivity contribution in [1.29, 1.82) is 0 Å². The smallest absolute Gasteiger partial charge is 0.248 e. The van der Waals surface area contributed by atoms with E-state index in [1.165, 1.54) is 0 Å². The van der Waals surface area contributed by atoms with Gasteiger partial charge in [0.05, 0.1) is 11.4 Å². The second kappa shape index (κ2) is 5.93. The molecular weight excluding hydrogens is 242 g/mol. The Bertz CT molecular complexity index is 460. The number of piperidine rings is 1. The second-order valence-corrected chi connectivity index (χ2v) is 4.99. The third kappa shape index (κ3) is 2.98. The minimum Gasteiger partial charge on any atom is -0.397 e. The van der Waals surface area contributed by atoms with Gasteiger partial charge in [-0.15, -0.1) is 0 Å². The van der Waals surface area contributed by atoms with Gasteiger partial charge in [-0.25, -0.2) is 0 Å². The summed E-state index contributed by atoms with van der Waals surface area (Å²) in [5, 5.41) is 9.16. The Hall–Kier alpha value is -1.75. The molecule has 5 N–H and O–H groups in total. The van der Waals surface area contributed by atoms with Crippen LogP contribution < -0.4 is 16.4 Å². The summed E-state index contributed by atoms with van der Waals surface area (Å²) >= 11 is 0. The summed E-state index contributed by atoms with van der Waals surface area (Å²) in [6, 6.07) is 5.41. The highest BCUT2D eigenvalue weighted by molar-refractivity contribution is 5.95. The van der Waals surface area contributed by atoms with Crippen LogP contribution >= 0.6 is 0 Å². The van der Waals surface area contributed by atoms with Crippen LogP contribution in [0, 0.1) is 0 Å². The lowest BCUT2D eigenvalue weighted by Gasteiger charge is -2.38. The Balaban J connectivity index is 2.32. The number of aliphatic hydroxyl groups excluding tert-OH is 1. The van der Waals surface area contributed by atoms with Crippen LogP contribution in [0.15, 0.2) is 18.2 Å². The number of hydrogen-bond acceptors (Lipinski definition) is 4. The second-order valence-electron chi connectivity index (χ2n) is 4.99. The molecular formula is C14H21N3O2. The summed E-state index contributed by atoms with van der Waals surface area (Å²) in [6.07, 6.45) is 4.03. The first-order valence-corrected chi connectivity index (χ1v) is 6.70. The van der Waals surface area contributed by atoms with Gasteiger partial charge in [0, 0.05) is 24.8 Å². The molecule has 19 heavy (non-hydrogen) atoms. The highest BCUT2D eigenvalue weighted by atomic mass is 16.3. The summed E-state index contributed by atoms with van der Waals surface area (Å²) in [5.41, 5.74) is 13.3. The molecule has 1 heterocycles. The molecule has 1 fully saturated rings. The molecule has 1 aliphatic rings. The fourth-order valence-corrected chi connectivity index (χ4v) is 2.71. The van der Waals surface area contributed by atoms with Gasteiger partial charge in [-0.1, -0.05) is 0 Å². The molecule has 0 saturated carbocycles. The zero-order chi connectivity index (χ0) is 13.8. The van der Waals surface area contributed by atoms with Gasteiger partial charge >= 0.3 is 0 Å². The van der Waals surface area contributed by atoms with Crippen LogP contribution in [0.3, 0.4) is 0 Å². The quantitative estimate of drug-likeness (QED) is 0.709. The molecule has 0 radical (unpaired) electrons. The average molecular weight is 263 g/mol. The molecule has 0 bridgehead atoms. The first-order valence-electron chi connectivity index (χ1n) is 6.70. The third-order valence-corrected chi connectivity index (χ3v) is 3.71. The van der Waals surface area contributed by atoms with Gasteiger partial charge in [-0.05, 0) is 43.9 Å². The number of nitrogen functional groups attached to an aromatic ring is 1. The number of anilines is 2. The van der Waals surface area contributed by atoms with Crippen molar-refractivity contribution in [2.45, 2.75) is 31.7 Å². The van der Waals surface area contributed by atoms with E-state index in [1.54, 1.807) is 18.2 Å². The number of aliphatic hydroxyl groups is 1.